The van der Waals surface area contributed by atoms with Gasteiger partial charge in [0.15, 0.2) is 0 Å². The molecule has 2 aromatic rings. The maximum atomic E-state index is 13.0. The molecule has 1 aromatic carbocycles. The minimum atomic E-state index is -0.131. The summed E-state index contributed by atoms with van der Waals surface area (Å²) >= 11 is 6.09. The third-order valence-corrected chi connectivity index (χ3v) is 6.83. The van der Waals surface area contributed by atoms with Crippen molar-refractivity contribution in [2.75, 3.05) is 53.0 Å². The van der Waals surface area contributed by atoms with E-state index < -0.39 is 0 Å². The van der Waals surface area contributed by atoms with Gasteiger partial charge in [0.2, 0.25) is 5.91 Å². The van der Waals surface area contributed by atoms with Crippen molar-refractivity contribution in [2.24, 2.45) is 5.92 Å². The summed E-state index contributed by atoms with van der Waals surface area (Å²) in [6.45, 7) is 6.37. The molecule has 1 atom stereocenters. The summed E-state index contributed by atoms with van der Waals surface area (Å²) in [6.07, 6.45) is 1.23. The minimum absolute atomic E-state index is 0.0222. The molecule has 4 rings (SSSR count). The molecule has 0 radical (unpaired) electrons. The standard InChI is InChI=1S/C25H32ClN3O5/c1-17-3-5-23(34-17)21(28-11-13-33-14-12-28)16-27-24(30)18-7-9-29(10-8-18)25(31)20-15-19(26)4-6-22(20)32-2/h3-6,15,18,21H,7-14,16H2,1-2H3,(H,27,30). The van der Waals surface area contributed by atoms with Crippen molar-refractivity contribution in [3.63, 3.8) is 0 Å². The van der Waals surface area contributed by atoms with E-state index in [9.17, 15) is 9.59 Å². The number of carbonyl (C=O) groups is 2. The van der Waals surface area contributed by atoms with Crippen molar-refractivity contribution in [3.05, 3.63) is 52.4 Å². The largest absolute Gasteiger partial charge is 0.496 e. The zero-order chi connectivity index (χ0) is 24.1. The number of furan rings is 1. The first-order valence-corrected chi connectivity index (χ1v) is 12.1. The molecule has 2 aliphatic rings. The van der Waals surface area contributed by atoms with Crippen molar-refractivity contribution in [2.45, 2.75) is 25.8 Å². The number of aryl methyl sites for hydroxylation is 1. The minimum Gasteiger partial charge on any atom is -0.496 e. The van der Waals surface area contributed by atoms with E-state index in [0.29, 0.717) is 62.0 Å². The Labute approximate surface area is 205 Å². The summed E-state index contributed by atoms with van der Waals surface area (Å²) in [6, 6.07) is 8.92. The lowest BCUT2D eigenvalue weighted by Crippen LogP contribution is -2.46. The monoisotopic (exact) mass is 489 g/mol. The zero-order valence-corrected chi connectivity index (χ0v) is 20.5. The van der Waals surface area contributed by atoms with Crippen molar-refractivity contribution >= 4 is 23.4 Å². The van der Waals surface area contributed by atoms with E-state index >= 15 is 0 Å². The van der Waals surface area contributed by atoms with Gasteiger partial charge in [-0.3, -0.25) is 14.5 Å². The number of hydrogen-bond acceptors (Lipinski definition) is 6. The molecule has 2 aliphatic heterocycles. The molecule has 0 spiro atoms. The van der Waals surface area contributed by atoms with Gasteiger partial charge in [0.25, 0.3) is 5.91 Å². The maximum absolute atomic E-state index is 13.0. The lowest BCUT2D eigenvalue weighted by atomic mass is 9.95. The van der Waals surface area contributed by atoms with E-state index in [2.05, 4.69) is 10.2 Å². The van der Waals surface area contributed by atoms with Gasteiger partial charge in [0, 0.05) is 43.7 Å². The Morgan fingerprint density at radius 3 is 2.53 bits per heavy atom. The third kappa shape index (κ3) is 5.74. The topological polar surface area (TPSA) is 84.2 Å². The van der Waals surface area contributed by atoms with E-state index in [1.165, 1.54) is 7.11 Å². The molecular weight excluding hydrogens is 458 g/mol. The van der Waals surface area contributed by atoms with Gasteiger partial charge >= 0.3 is 0 Å². The Kier molecular flexibility index (Phi) is 8.13. The summed E-state index contributed by atoms with van der Waals surface area (Å²) in [5.74, 6) is 1.97. The van der Waals surface area contributed by atoms with Crippen LogP contribution in [0.3, 0.4) is 0 Å². The van der Waals surface area contributed by atoms with Gasteiger partial charge in [0.1, 0.15) is 17.3 Å². The molecule has 2 amide bonds. The van der Waals surface area contributed by atoms with Crippen LogP contribution in [0.2, 0.25) is 5.02 Å². The molecule has 9 heteroatoms. The summed E-state index contributed by atoms with van der Waals surface area (Å²) in [7, 11) is 1.53. The highest BCUT2D eigenvalue weighted by Crippen LogP contribution is 2.27. The van der Waals surface area contributed by atoms with Crippen LogP contribution in [0.15, 0.2) is 34.7 Å². The summed E-state index contributed by atoms with van der Waals surface area (Å²) in [4.78, 5) is 30.1. The number of hydrogen-bond donors (Lipinski definition) is 1. The fourth-order valence-corrected chi connectivity index (χ4v) is 4.81. The van der Waals surface area contributed by atoms with Crippen LogP contribution in [-0.4, -0.2) is 74.7 Å². The van der Waals surface area contributed by atoms with Crippen LogP contribution >= 0.6 is 11.6 Å². The van der Waals surface area contributed by atoms with Gasteiger partial charge in [-0.2, -0.15) is 0 Å². The smallest absolute Gasteiger partial charge is 0.257 e. The van der Waals surface area contributed by atoms with Crippen molar-refractivity contribution in [3.8, 4) is 5.75 Å². The van der Waals surface area contributed by atoms with E-state index in [4.69, 9.17) is 25.5 Å². The van der Waals surface area contributed by atoms with Gasteiger partial charge in [-0.1, -0.05) is 11.6 Å². The third-order valence-electron chi connectivity index (χ3n) is 6.59. The van der Waals surface area contributed by atoms with E-state index in [1.807, 2.05) is 19.1 Å². The molecule has 3 heterocycles. The highest BCUT2D eigenvalue weighted by molar-refractivity contribution is 6.31. The lowest BCUT2D eigenvalue weighted by molar-refractivity contribution is -0.126. The zero-order valence-electron chi connectivity index (χ0n) is 19.7. The molecule has 1 unspecified atom stereocenters. The number of rotatable bonds is 7. The van der Waals surface area contributed by atoms with Crippen LogP contribution < -0.4 is 10.1 Å². The summed E-state index contributed by atoms with van der Waals surface area (Å²) in [5.41, 5.74) is 0.444. The van der Waals surface area contributed by atoms with Gasteiger partial charge in [-0.25, -0.2) is 0 Å². The predicted molar refractivity (Wildman–Crippen MR) is 128 cm³/mol. The molecule has 0 aliphatic carbocycles. The van der Waals surface area contributed by atoms with Crippen LogP contribution in [0.5, 0.6) is 5.75 Å². The van der Waals surface area contributed by atoms with Gasteiger partial charge < -0.3 is 24.1 Å². The number of morpholine rings is 1. The number of amides is 2. The highest BCUT2D eigenvalue weighted by Gasteiger charge is 2.31. The van der Waals surface area contributed by atoms with Gasteiger partial charge in [-0.05, 0) is 50.1 Å². The molecule has 1 aromatic heterocycles. The number of piperidine rings is 1. The molecule has 1 N–H and O–H groups in total. The first kappa shape index (κ1) is 24.6. The molecule has 8 nitrogen and oxygen atoms in total. The molecule has 2 fully saturated rings. The Morgan fingerprint density at radius 1 is 1.15 bits per heavy atom. The Bertz CT molecular complexity index is 996. The van der Waals surface area contributed by atoms with E-state index in [-0.39, 0.29) is 23.8 Å². The van der Waals surface area contributed by atoms with Crippen LogP contribution in [0.1, 0.15) is 40.8 Å². The van der Waals surface area contributed by atoms with E-state index in [0.717, 1.165) is 24.6 Å². The normalized spacial score (nSPS) is 18.5. The fraction of sp³-hybridized carbons (Fsp3) is 0.520. The Hall–Kier alpha value is -2.55. The number of likely N-dealkylation sites (tertiary alicyclic amines) is 1. The average Bonchev–Trinajstić information content (AvgIpc) is 3.30. The average molecular weight is 490 g/mol. The second-order valence-electron chi connectivity index (χ2n) is 8.77. The highest BCUT2D eigenvalue weighted by atomic mass is 35.5. The lowest BCUT2D eigenvalue weighted by Gasteiger charge is -2.34. The molecule has 34 heavy (non-hydrogen) atoms. The number of benzene rings is 1. The molecule has 0 saturated carbocycles. The van der Waals surface area contributed by atoms with Crippen LogP contribution in [0, 0.1) is 12.8 Å². The van der Waals surface area contributed by atoms with Crippen LogP contribution in [0.4, 0.5) is 0 Å². The number of halogens is 1. The molecule has 2 saturated heterocycles. The van der Waals surface area contributed by atoms with Crippen LogP contribution in [0.25, 0.3) is 0 Å². The number of carbonyl (C=O) groups excluding carboxylic acids is 2. The predicted octanol–water partition coefficient (Wildman–Crippen LogP) is 3.29. The Balaban J connectivity index is 1.33. The summed E-state index contributed by atoms with van der Waals surface area (Å²) in [5, 5.41) is 3.62. The molecule has 184 valence electrons. The van der Waals surface area contributed by atoms with Crippen LogP contribution in [-0.2, 0) is 9.53 Å². The number of nitrogens with one attached hydrogen (secondary N) is 1. The van der Waals surface area contributed by atoms with Gasteiger partial charge in [-0.15, -0.1) is 0 Å². The molecule has 0 bridgehead atoms. The number of nitrogens with zero attached hydrogens (tertiary/aromatic N) is 2. The summed E-state index contributed by atoms with van der Waals surface area (Å²) < 4.78 is 16.7. The molecular formula is C25H32ClN3O5. The first-order chi connectivity index (χ1) is 16.5. The second kappa shape index (κ2) is 11.3. The van der Waals surface area contributed by atoms with Crippen molar-refractivity contribution in [1.29, 1.82) is 0 Å². The fourth-order valence-electron chi connectivity index (χ4n) is 4.64. The van der Waals surface area contributed by atoms with Gasteiger partial charge in [0.05, 0.1) is 31.9 Å². The van der Waals surface area contributed by atoms with E-state index in [1.54, 1.807) is 23.1 Å². The Morgan fingerprint density at radius 2 is 1.88 bits per heavy atom. The number of methoxy groups -OCH3 is 1. The SMILES string of the molecule is COc1ccc(Cl)cc1C(=O)N1CCC(C(=O)NCC(c2ccc(C)o2)N2CCOCC2)CC1. The van der Waals surface area contributed by atoms with Crippen molar-refractivity contribution < 1.29 is 23.5 Å². The first-order valence-electron chi connectivity index (χ1n) is 11.7. The number of ether oxygens (including phenoxy) is 2. The second-order valence-corrected chi connectivity index (χ2v) is 9.21. The van der Waals surface area contributed by atoms with Crippen molar-refractivity contribution in [1.82, 2.24) is 15.1 Å². The quantitative estimate of drug-likeness (QED) is 0.642. The maximum Gasteiger partial charge on any atom is 0.257 e.